The summed E-state index contributed by atoms with van der Waals surface area (Å²) in [6.07, 6.45) is 2.38. The minimum absolute atomic E-state index is 0.572. The zero-order chi connectivity index (χ0) is 13.9. The molecule has 1 fully saturated rings. The van der Waals surface area contributed by atoms with Gasteiger partial charge in [0.2, 0.25) is 0 Å². The number of aryl methyl sites for hydroxylation is 1. The summed E-state index contributed by atoms with van der Waals surface area (Å²) in [4.78, 5) is 3.06. The summed E-state index contributed by atoms with van der Waals surface area (Å²) in [5, 5.41) is 3.56. The van der Waals surface area contributed by atoms with Gasteiger partial charge in [-0.2, -0.15) is 0 Å². The van der Waals surface area contributed by atoms with E-state index in [9.17, 15) is 0 Å². The van der Waals surface area contributed by atoms with Crippen molar-refractivity contribution in [2.45, 2.75) is 31.6 Å². The van der Waals surface area contributed by atoms with Crippen LogP contribution in [-0.2, 0) is 6.42 Å². The number of piperidine rings is 1. The molecule has 2 heterocycles. The molecular weight excluding hydrogens is 330 g/mol. The van der Waals surface area contributed by atoms with Gasteiger partial charge in [0.15, 0.2) is 0 Å². The van der Waals surface area contributed by atoms with Gasteiger partial charge in [0, 0.05) is 32.6 Å². The number of hydrogen-bond acceptors (Lipinski definition) is 2. The van der Waals surface area contributed by atoms with Gasteiger partial charge in [0.25, 0.3) is 0 Å². The Morgan fingerprint density at radius 2 is 2.05 bits per heavy atom. The van der Waals surface area contributed by atoms with E-state index in [2.05, 4.69) is 64.6 Å². The van der Waals surface area contributed by atoms with Crippen LogP contribution >= 0.6 is 27.3 Å². The number of hydrogen-bond donors (Lipinski definition) is 1. The number of benzene rings is 1. The lowest BCUT2D eigenvalue weighted by atomic mass is 9.80. The van der Waals surface area contributed by atoms with Crippen LogP contribution in [0.1, 0.15) is 40.5 Å². The predicted octanol–water partition coefficient (Wildman–Crippen LogP) is 4.93. The van der Waals surface area contributed by atoms with Gasteiger partial charge in [0.1, 0.15) is 0 Å². The lowest BCUT2D eigenvalue weighted by Crippen LogP contribution is -2.33. The lowest BCUT2D eigenvalue weighted by Gasteiger charge is -2.32. The molecule has 1 aliphatic heterocycles. The third-order valence-electron chi connectivity index (χ3n) is 4.18. The second kappa shape index (κ2) is 6.42. The van der Waals surface area contributed by atoms with E-state index in [1.165, 1.54) is 21.3 Å². The van der Waals surface area contributed by atoms with E-state index in [0.29, 0.717) is 11.8 Å². The average molecular weight is 350 g/mol. The van der Waals surface area contributed by atoms with Crippen molar-refractivity contribution >= 4 is 27.3 Å². The first kappa shape index (κ1) is 14.3. The van der Waals surface area contributed by atoms with Crippen molar-refractivity contribution < 1.29 is 0 Å². The van der Waals surface area contributed by atoms with Crippen molar-refractivity contribution in [1.29, 1.82) is 0 Å². The predicted molar refractivity (Wildman–Crippen MR) is 90.8 cm³/mol. The molecule has 1 aromatic heterocycles. The highest BCUT2D eigenvalue weighted by molar-refractivity contribution is 9.10. The van der Waals surface area contributed by atoms with Gasteiger partial charge in [-0.05, 0) is 43.1 Å². The summed E-state index contributed by atoms with van der Waals surface area (Å²) in [5.74, 6) is 1.22. The molecule has 1 saturated heterocycles. The monoisotopic (exact) mass is 349 g/mol. The molecule has 1 N–H and O–H groups in total. The fourth-order valence-corrected chi connectivity index (χ4v) is 4.82. The normalized spacial score (nSPS) is 22.9. The van der Waals surface area contributed by atoms with Gasteiger partial charge in [-0.1, -0.05) is 41.1 Å². The summed E-state index contributed by atoms with van der Waals surface area (Å²) in [7, 11) is 0. The van der Waals surface area contributed by atoms with E-state index in [-0.39, 0.29) is 0 Å². The fraction of sp³-hybridized carbons (Fsp3) is 0.412. The molecule has 1 nitrogen and oxygen atoms in total. The quantitative estimate of drug-likeness (QED) is 0.827. The smallest absolute Gasteiger partial charge is 0.0210 e. The second-order valence-electron chi connectivity index (χ2n) is 5.38. The molecule has 2 unspecified atom stereocenters. The minimum atomic E-state index is 0.572. The first-order valence-corrected chi connectivity index (χ1v) is 8.94. The highest BCUT2D eigenvalue weighted by atomic mass is 79.9. The zero-order valence-corrected chi connectivity index (χ0v) is 14.1. The maximum absolute atomic E-state index is 3.73. The van der Waals surface area contributed by atoms with Gasteiger partial charge < -0.3 is 5.32 Å². The summed E-state index contributed by atoms with van der Waals surface area (Å²) in [6.45, 7) is 4.45. The van der Waals surface area contributed by atoms with E-state index < -0.39 is 0 Å². The van der Waals surface area contributed by atoms with Crippen LogP contribution in [0.3, 0.4) is 0 Å². The van der Waals surface area contributed by atoms with Crippen molar-refractivity contribution in [1.82, 2.24) is 5.32 Å². The van der Waals surface area contributed by atoms with Crippen LogP contribution < -0.4 is 5.32 Å². The highest BCUT2D eigenvalue weighted by Crippen LogP contribution is 2.42. The molecule has 0 bridgehead atoms. The van der Waals surface area contributed by atoms with Gasteiger partial charge in [-0.25, -0.2) is 0 Å². The van der Waals surface area contributed by atoms with Crippen LogP contribution in [0.2, 0.25) is 0 Å². The van der Waals surface area contributed by atoms with Crippen LogP contribution in [0.5, 0.6) is 0 Å². The maximum atomic E-state index is 3.73. The van der Waals surface area contributed by atoms with E-state index in [1.54, 1.807) is 4.88 Å². The van der Waals surface area contributed by atoms with Gasteiger partial charge >= 0.3 is 0 Å². The van der Waals surface area contributed by atoms with Crippen molar-refractivity contribution in [3.8, 4) is 0 Å². The van der Waals surface area contributed by atoms with Crippen LogP contribution in [0.25, 0.3) is 0 Å². The average Bonchev–Trinajstić information content (AvgIpc) is 2.97. The molecule has 2 atom stereocenters. The summed E-state index contributed by atoms with van der Waals surface area (Å²) in [6, 6.07) is 13.3. The number of nitrogens with one attached hydrogen (secondary N) is 1. The molecule has 1 aromatic carbocycles. The molecule has 0 radical (unpaired) electrons. The Morgan fingerprint density at radius 3 is 2.80 bits per heavy atom. The number of halogens is 1. The van der Waals surface area contributed by atoms with Crippen molar-refractivity contribution in [3.63, 3.8) is 0 Å². The van der Waals surface area contributed by atoms with Crippen molar-refractivity contribution in [2.75, 3.05) is 13.1 Å². The van der Waals surface area contributed by atoms with Gasteiger partial charge in [-0.15, -0.1) is 11.3 Å². The van der Waals surface area contributed by atoms with Gasteiger partial charge in [0.05, 0.1) is 0 Å². The maximum Gasteiger partial charge on any atom is 0.0210 e. The van der Waals surface area contributed by atoms with Crippen LogP contribution in [0, 0.1) is 0 Å². The van der Waals surface area contributed by atoms with Crippen LogP contribution in [0.15, 0.2) is 40.9 Å². The number of thiophene rings is 1. The van der Waals surface area contributed by atoms with E-state index in [0.717, 1.165) is 19.5 Å². The minimum Gasteiger partial charge on any atom is -0.316 e. The Balaban J connectivity index is 1.93. The first-order valence-electron chi connectivity index (χ1n) is 7.33. The second-order valence-corrected chi connectivity index (χ2v) is 7.44. The molecule has 3 rings (SSSR count). The topological polar surface area (TPSA) is 12.0 Å². The fourth-order valence-electron chi connectivity index (χ4n) is 3.09. The van der Waals surface area contributed by atoms with Crippen molar-refractivity contribution in [3.05, 3.63) is 56.2 Å². The van der Waals surface area contributed by atoms with E-state index in [1.807, 2.05) is 11.3 Å². The Hall–Kier alpha value is -0.640. The third kappa shape index (κ3) is 2.85. The third-order valence-corrected chi connectivity index (χ3v) is 6.27. The molecular formula is C17H20BrNS. The lowest BCUT2D eigenvalue weighted by molar-refractivity contribution is 0.407. The van der Waals surface area contributed by atoms with E-state index in [4.69, 9.17) is 0 Å². The molecule has 106 valence electrons. The highest BCUT2D eigenvalue weighted by Gasteiger charge is 2.29. The molecule has 0 saturated carbocycles. The Kier molecular flexibility index (Phi) is 4.59. The summed E-state index contributed by atoms with van der Waals surface area (Å²) < 4.78 is 1.24. The Bertz CT molecular complexity index is 578. The van der Waals surface area contributed by atoms with Crippen LogP contribution in [-0.4, -0.2) is 13.1 Å². The number of rotatable bonds is 3. The summed E-state index contributed by atoms with van der Waals surface area (Å²) >= 11 is 5.73. The molecule has 0 spiro atoms. The van der Waals surface area contributed by atoms with E-state index >= 15 is 0 Å². The molecule has 2 aromatic rings. The Morgan fingerprint density at radius 1 is 1.20 bits per heavy atom. The molecule has 3 heteroatoms. The van der Waals surface area contributed by atoms with Crippen LogP contribution in [0.4, 0.5) is 0 Å². The molecule has 0 aliphatic carbocycles. The largest absolute Gasteiger partial charge is 0.316 e. The molecule has 0 amide bonds. The van der Waals surface area contributed by atoms with Gasteiger partial charge in [-0.3, -0.25) is 0 Å². The molecule has 1 aliphatic rings. The van der Waals surface area contributed by atoms with Crippen molar-refractivity contribution in [2.24, 2.45) is 0 Å². The first-order chi connectivity index (χ1) is 9.79. The Labute approximate surface area is 133 Å². The molecule has 20 heavy (non-hydrogen) atoms. The summed E-state index contributed by atoms with van der Waals surface area (Å²) in [5.41, 5.74) is 1.44. The zero-order valence-electron chi connectivity index (χ0n) is 11.7. The SMILES string of the molecule is CCc1ccc(C2CCNCC2c2ccccc2Br)s1. The standard InChI is InChI=1S/C17H20BrNS/c1-2-12-7-8-17(20-12)14-9-10-19-11-15(14)13-5-3-4-6-16(13)18/h3-8,14-15,19H,2,9-11H2,1H3.